The Kier molecular flexibility index (Phi) is 6.96. The molecule has 3 N–H and O–H groups in total. The molecule has 0 amide bonds. The molecule has 0 radical (unpaired) electrons. The highest BCUT2D eigenvalue weighted by molar-refractivity contribution is 5.73. The van der Waals surface area contributed by atoms with Crippen molar-refractivity contribution in [3.05, 3.63) is 67.2 Å². The summed E-state index contributed by atoms with van der Waals surface area (Å²) in [5.41, 5.74) is -2.68. The zero-order valence-electron chi connectivity index (χ0n) is 17.4. The fourth-order valence-electron chi connectivity index (χ4n) is 3.25. The van der Waals surface area contributed by atoms with Crippen LogP contribution in [0, 0.1) is 80.8 Å². The second-order valence-corrected chi connectivity index (χ2v) is 6.94. The number of nitriles is 6. The van der Waals surface area contributed by atoms with Crippen LogP contribution in [0.4, 0.5) is 0 Å². The van der Waals surface area contributed by atoms with Crippen molar-refractivity contribution in [3.8, 4) is 36.4 Å². The summed E-state index contributed by atoms with van der Waals surface area (Å²) < 4.78 is 0. The van der Waals surface area contributed by atoms with Gasteiger partial charge in [0.1, 0.15) is 47.4 Å². The lowest BCUT2D eigenvalue weighted by molar-refractivity contribution is 0.0677. The van der Waals surface area contributed by atoms with E-state index in [1.165, 1.54) is 38.3 Å². The van der Waals surface area contributed by atoms with Gasteiger partial charge in [0.05, 0.1) is 22.7 Å². The van der Waals surface area contributed by atoms with Gasteiger partial charge in [0, 0.05) is 17.0 Å². The quantitative estimate of drug-likeness (QED) is 0.524. The van der Waals surface area contributed by atoms with Crippen LogP contribution in [-0.4, -0.2) is 15.7 Å². The third-order valence-electron chi connectivity index (χ3n) is 5.08. The van der Waals surface area contributed by atoms with Crippen LogP contribution in [0.1, 0.15) is 18.1 Å². The Hall–Kier alpha value is -5.39. The number of allylic oxidation sites excluding steroid dienone is 2. The number of hydrogen-bond acceptors (Lipinski definition) is 9. The third kappa shape index (κ3) is 4.25. The van der Waals surface area contributed by atoms with Gasteiger partial charge in [-0.25, -0.2) is 0 Å². The smallest absolute Gasteiger partial charge is 0.256 e. The van der Waals surface area contributed by atoms with Crippen molar-refractivity contribution in [1.82, 2.24) is 10.3 Å². The molecule has 158 valence electrons. The van der Waals surface area contributed by atoms with E-state index >= 15 is 0 Å². The molecule has 2 atom stereocenters. The van der Waals surface area contributed by atoms with Gasteiger partial charge in [-0.05, 0) is 25.5 Å². The highest BCUT2D eigenvalue weighted by atomic mass is 16.3. The molecule has 0 aliphatic carbocycles. The molecule has 0 saturated carbocycles. The number of hydrogen-bond donors (Lipinski definition) is 3. The van der Waals surface area contributed by atoms with Gasteiger partial charge in [0.15, 0.2) is 5.57 Å². The maximum Gasteiger partial charge on any atom is 0.256 e. The Morgan fingerprint density at radius 3 is 2.21 bits per heavy atom. The van der Waals surface area contributed by atoms with E-state index in [2.05, 4.69) is 10.3 Å². The Bertz CT molecular complexity index is 1530. The summed E-state index contributed by atoms with van der Waals surface area (Å²) >= 11 is 0. The highest BCUT2D eigenvalue weighted by Crippen LogP contribution is 2.35. The van der Waals surface area contributed by atoms with Crippen LogP contribution in [0.25, 0.3) is 11.6 Å². The van der Waals surface area contributed by atoms with Crippen LogP contribution >= 0.6 is 0 Å². The van der Waals surface area contributed by atoms with E-state index in [1.807, 2.05) is 12.1 Å². The number of aromatic amines is 1. The van der Waals surface area contributed by atoms with Crippen LogP contribution in [0.5, 0.6) is 0 Å². The monoisotopic (exact) mass is 434 g/mol. The molecule has 10 nitrogen and oxygen atoms in total. The molecule has 10 heteroatoms. The molecule has 2 unspecified atom stereocenters. The topological polar surface area (TPSA) is 208 Å². The number of aromatic nitrogens is 1. The summed E-state index contributed by atoms with van der Waals surface area (Å²) in [6.07, 6.45) is 5.55. The SMILES string of the molecule is Cc1c(C#N)c(=C(C#N)C#N)[nH]c(=O)/c1=C/C=C/C1=CNC(=C(C#N)C#N)C(C#N)C1(C)O. The van der Waals surface area contributed by atoms with E-state index in [-0.39, 0.29) is 38.5 Å². The summed E-state index contributed by atoms with van der Waals surface area (Å²) in [5, 5.41) is 68.8. The van der Waals surface area contributed by atoms with E-state index in [9.17, 15) is 20.4 Å². The highest BCUT2D eigenvalue weighted by Gasteiger charge is 2.41. The predicted molar refractivity (Wildman–Crippen MR) is 113 cm³/mol. The van der Waals surface area contributed by atoms with Gasteiger partial charge in [-0.3, -0.25) is 4.79 Å². The second-order valence-electron chi connectivity index (χ2n) is 6.94. The van der Waals surface area contributed by atoms with Crippen LogP contribution in [0.3, 0.4) is 0 Å². The molecule has 2 rings (SSSR count). The molecule has 0 spiro atoms. The van der Waals surface area contributed by atoms with E-state index < -0.39 is 22.7 Å². The van der Waals surface area contributed by atoms with E-state index in [1.54, 1.807) is 24.3 Å². The lowest BCUT2D eigenvalue weighted by Crippen LogP contribution is -2.43. The number of rotatable bonds is 2. The lowest BCUT2D eigenvalue weighted by atomic mass is 9.78. The summed E-state index contributed by atoms with van der Waals surface area (Å²) in [6.45, 7) is 2.85. The van der Waals surface area contributed by atoms with Crippen molar-refractivity contribution in [2.45, 2.75) is 19.4 Å². The molecule has 0 aromatic carbocycles. The lowest BCUT2D eigenvalue weighted by Gasteiger charge is -2.35. The summed E-state index contributed by atoms with van der Waals surface area (Å²) in [4.78, 5) is 14.9. The van der Waals surface area contributed by atoms with Crippen LogP contribution < -0.4 is 21.4 Å². The third-order valence-corrected chi connectivity index (χ3v) is 5.08. The molecule has 33 heavy (non-hydrogen) atoms. The molecule has 1 aliphatic heterocycles. The van der Waals surface area contributed by atoms with Gasteiger partial charge in [-0.2, -0.15) is 31.6 Å². The minimum absolute atomic E-state index is 0.0165. The van der Waals surface area contributed by atoms with Gasteiger partial charge in [0.25, 0.3) is 5.56 Å². The van der Waals surface area contributed by atoms with Gasteiger partial charge in [-0.15, -0.1) is 0 Å². The number of nitrogens with zero attached hydrogens (tertiary/aromatic N) is 6. The first-order valence-corrected chi connectivity index (χ1v) is 9.21. The van der Waals surface area contributed by atoms with Crippen LogP contribution in [0.2, 0.25) is 0 Å². The molecular weight excluding hydrogens is 420 g/mol. The Morgan fingerprint density at radius 2 is 1.70 bits per heavy atom. The Labute approximate surface area is 188 Å². The van der Waals surface area contributed by atoms with Crippen molar-refractivity contribution < 1.29 is 5.11 Å². The first kappa shape index (κ1) is 23.9. The average molecular weight is 434 g/mol. The molecule has 1 aliphatic rings. The molecule has 2 heterocycles. The molecular formula is C23H14N8O2. The zero-order chi connectivity index (χ0) is 24.8. The maximum absolute atomic E-state index is 12.5. The van der Waals surface area contributed by atoms with Crippen molar-refractivity contribution in [1.29, 1.82) is 31.6 Å². The van der Waals surface area contributed by atoms with Crippen LogP contribution in [-0.2, 0) is 0 Å². The van der Waals surface area contributed by atoms with Gasteiger partial charge < -0.3 is 15.4 Å². The molecule has 0 saturated heterocycles. The molecule has 1 aromatic rings. The second kappa shape index (κ2) is 9.61. The van der Waals surface area contributed by atoms with Gasteiger partial charge >= 0.3 is 0 Å². The van der Waals surface area contributed by atoms with Gasteiger partial charge in [0.2, 0.25) is 0 Å². The van der Waals surface area contributed by atoms with Crippen molar-refractivity contribution >= 4 is 11.6 Å². The van der Waals surface area contributed by atoms with Crippen molar-refractivity contribution in [2.24, 2.45) is 5.92 Å². The van der Waals surface area contributed by atoms with E-state index in [4.69, 9.17) is 21.0 Å². The van der Waals surface area contributed by atoms with Crippen molar-refractivity contribution in [2.75, 3.05) is 0 Å². The standard InChI is InChI=1S/C23H14N8O2/c1-13-17(22(32)31-20(18(13)10-28)14(6-24)7-25)5-3-4-16-12-30-21(15(8-26)9-27)19(11-29)23(16,2)33/h3-5,12,19,30,33H,1-2H3,(H,31,32)/b4-3+,17-5+. The first-order valence-electron chi connectivity index (χ1n) is 9.21. The molecule has 0 fully saturated rings. The maximum atomic E-state index is 12.5. The first-order chi connectivity index (χ1) is 15.7. The Morgan fingerprint density at radius 1 is 1.09 bits per heavy atom. The minimum atomic E-state index is -1.76. The minimum Gasteiger partial charge on any atom is -0.384 e. The number of aliphatic hydroxyl groups is 1. The van der Waals surface area contributed by atoms with E-state index in [0.29, 0.717) is 0 Å². The number of H-pyrrole nitrogens is 1. The van der Waals surface area contributed by atoms with Crippen molar-refractivity contribution in [3.63, 3.8) is 0 Å². The summed E-state index contributed by atoms with van der Waals surface area (Å²) in [7, 11) is 0. The summed E-state index contributed by atoms with van der Waals surface area (Å²) in [5.74, 6) is -1.23. The fraction of sp³-hybridized carbons (Fsp3) is 0.174. The summed E-state index contributed by atoms with van der Waals surface area (Å²) in [6, 6.07) is 10.4. The number of pyridine rings is 1. The Balaban J connectivity index is 2.66. The van der Waals surface area contributed by atoms with Crippen LogP contribution in [0.15, 0.2) is 40.0 Å². The van der Waals surface area contributed by atoms with E-state index in [0.717, 1.165) is 0 Å². The van der Waals surface area contributed by atoms with Gasteiger partial charge in [-0.1, -0.05) is 12.2 Å². The fourth-order valence-corrected chi connectivity index (χ4v) is 3.25. The molecule has 1 aromatic heterocycles. The normalized spacial score (nSPS) is 19.5. The average Bonchev–Trinajstić information content (AvgIpc) is 2.78. The predicted octanol–water partition coefficient (Wildman–Crippen LogP) is -0.231. The largest absolute Gasteiger partial charge is 0.384 e. The number of nitrogens with one attached hydrogen (secondary N) is 2. The zero-order valence-corrected chi connectivity index (χ0v) is 17.4. The molecule has 0 bridgehead atoms.